The summed E-state index contributed by atoms with van der Waals surface area (Å²) in [5.74, 6) is -0.724. The highest BCUT2D eigenvalue weighted by Crippen LogP contribution is 2.39. The maximum absolute atomic E-state index is 13.1. The number of halogens is 6. The van der Waals surface area contributed by atoms with Crippen LogP contribution in [-0.4, -0.2) is 28.0 Å². The molecule has 1 heterocycles. The van der Waals surface area contributed by atoms with E-state index >= 15 is 0 Å². The molecule has 11 heteroatoms. The normalized spacial score (nSPS) is 12.1. The predicted molar refractivity (Wildman–Crippen MR) is 93.2 cm³/mol. The third kappa shape index (κ3) is 4.44. The molecule has 30 heavy (non-hydrogen) atoms. The van der Waals surface area contributed by atoms with Crippen molar-refractivity contribution in [3.63, 3.8) is 0 Å². The van der Waals surface area contributed by atoms with Gasteiger partial charge in [0.05, 0.1) is 17.7 Å². The van der Waals surface area contributed by atoms with E-state index in [1.54, 1.807) is 6.92 Å². The van der Waals surface area contributed by atoms with E-state index in [4.69, 9.17) is 4.74 Å². The fourth-order valence-corrected chi connectivity index (χ4v) is 2.72. The highest BCUT2D eigenvalue weighted by atomic mass is 19.4. The van der Waals surface area contributed by atoms with Crippen molar-refractivity contribution < 1.29 is 35.9 Å². The van der Waals surface area contributed by atoms with Gasteiger partial charge in [-0.2, -0.15) is 36.7 Å². The number of hydrogen-bond donors (Lipinski definition) is 1. The number of rotatable bonds is 4. The van der Waals surface area contributed by atoms with Crippen LogP contribution in [0.4, 0.5) is 26.3 Å². The summed E-state index contributed by atoms with van der Waals surface area (Å²) in [4.78, 5) is 11.9. The maximum atomic E-state index is 13.1. The van der Waals surface area contributed by atoms with Gasteiger partial charge >= 0.3 is 18.3 Å². The topological polar surface area (TPSA) is 67.9 Å². The summed E-state index contributed by atoms with van der Waals surface area (Å²) >= 11 is 0. The number of ether oxygens (including phenoxy) is 1. The summed E-state index contributed by atoms with van der Waals surface area (Å²) < 4.78 is 83.2. The zero-order valence-electron chi connectivity index (χ0n) is 15.2. The van der Waals surface area contributed by atoms with Gasteiger partial charge in [-0.05, 0) is 36.2 Å². The Hall–Kier alpha value is -3.37. The molecule has 0 bridgehead atoms. The number of nitrogens with one attached hydrogen (secondary N) is 1. The number of carbonyl (C=O) groups is 1. The van der Waals surface area contributed by atoms with Crippen molar-refractivity contribution in [1.29, 1.82) is 0 Å². The summed E-state index contributed by atoms with van der Waals surface area (Å²) in [5, 5.41) is 9.84. The van der Waals surface area contributed by atoms with E-state index in [0.29, 0.717) is 17.7 Å². The van der Waals surface area contributed by atoms with Crippen LogP contribution in [0.15, 0.2) is 42.5 Å². The van der Waals surface area contributed by atoms with Crippen LogP contribution < -0.4 is 0 Å². The third-order valence-electron chi connectivity index (χ3n) is 4.10. The Morgan fingerprint density at radius 2 is 1.40 bits per heavy atom. The van der Waals surface area contributed by atoms with Crippen molar-refractivity contribution in [2.24, 2.45) is 0 Å². The van der Waals surface area contributed by atoms with Crippen LogP contribution in [0.5, 0.6) is 0 Å². The first-order valence-corrected chi connectivity index (χ1v) is 8.49. The number of benzene rings is 2. The molecule has 0 aliphatic carbocycles. The van der Waals surface area contributed by atoms with E-state index in [1.165, 1.54) is 24.3 Å². The smallest absolute Gasteiger partial charge is 0.416 e. The molecule has 3 rings (SSSR count). The first kappa shape index (κ1) is 21.3. The number of H-pyrrole nitrogens is 1. The Bertz CT molecular complexity index is 1020. The van der Waals surface area contributed by atoms with Crippen LogP contribution >= 0.6 is 0 Å². The summed E-state index contributed by atoms with van der Waals surface area (Å²) in [6, 6.07) is 6.82. The van der Waals surface area contributed by atoms with Crippen molar-refractivity contribution in [2.45, 2.75) is 19.3 Å². The lowest BCUT2D eigenvalue weighted by Gasteiger charge is -2.14. The van der Waals surface area contributed by atoms with Gasteiger partial charge in [0.1, 0.15) is 5.69 Å². The Morgan fingerprint density at radius 3 is 1.90 bits per heavy atom. The van der Waals surface area contributed by atoms with Crippen molar-refractivity contribution in [3.05, 3.63) is 59.3 Å². The van der Waals surface area contributed by atoms with Gasteiger partial charge in [0, 0.05) is 5.56 Å². The summed E-state index contributed by atoms with van der Waals surface area (Å²) in [5.41, 5.74) is -2.53. The van der Waals surface area contributed by atoms with Crippen LogP contribution in [0, 0.1) is 0 Å². The fourth-order valence-electron chi connectivity index (χ4n) is 2.72. The second-order valence-corrected chi connectivity index (χ2v) is 6.11. The predicted octanol–water partition coefficient (Wildman–Crippen LogP) is 5.35. The van der Waals surface area contributed by atoms with Gasteiger partial charge < -0.3 is 4.74 Å². The minimum atomic E-state index is -4.94. The molecule has 0 unspecified atom stereocenters. The van der Waals surface area contributed by atoms with Gasteiger partial charge in [-0.25, -0.2) is 4.79 Å². The molecule has 1 N–H and O–H groups in total. The minimum absolute atomic E-state index is 0.0683. The van der Waals surface area contributed by atoms with Crippen LogP contribution in [0.25, 0.3) is 22.4 Å². The number of alkyl halides is 6. The van der Waals surface area contributed by atoms with Gasteiger partial charge in [-0.1, -0.05) is 24.3 Å². The molecule has 2 aromatic carbocycles. The number of hydrogen-bond acceptors (Lipinski definition) is 4. The van der Waals surface area contributed by atoms with E-state index in [0.717, 1.165) is 0 Å². The Labute approximate surface area is 165 Å². The molecule has 0 atom stereocenters. The van der Waals surface area contributed by atoms with E-state index in [-0.39, 0.29) is 35.2 Å². The number of nitrogens with zero attached hydrogens (tertiary/aromatic N) is 2. The van der Waals surface area contributed by atoms with Gasteiger partial charge in [-0.15, -0.1) is 5.10 Å². The molecule has 1 aromatic heterocycles. The number of aromatic nitrogens is 3. The number of aromatic amines is 1. The molecule has 0 aliphatic rings. The summed E-state index contributed by atoms with van der Waals surface area (Å²) in [7, 11) is 0. The third-order valence-corrected chi connectivity index (χ3v) is 4.10. The molecular formula is C19H13F6N3O2. The second kappa shape index (κ2) is 7.81. The molecule has 3 aromatic rings. The molecule has 0 saturated heterocycles. The minimum Gasteiger partial charge on any atom is -0.461 e. The molecule has 0 amide bonds. The average Bonchev–Trinajstić information content (AvgIpc) is 3.16. The first-order valence-electron chi connectivity index (χ1n) is 8.49. The molecule has 5 nitrogen and oxygen atoms in total. The largest absolute Gasteiger partial charge is 0.461 e. The molecule has 0 saturated carbocycles. The lowest BCUT2D eigenvalue weighted by atomic mass is 9.97. The zero-order valence-corrected chi connectivity index (χ0v) is 15.2. The number of esters is 1. The van der Waals surface area contributed by atoms with Gasteiger partial charge in [-0.3, -0.25) is 0 Å². The maximum Gasteiger partial charge on any atom is 0.416 e. The summed E-state index contributed by atoms with van der Waals surface area (Å²) in [6.45, 7) is 1.72. The van der Waals surface area contributed by atoms with Gasteiger partial charge in [0.2, 0.25) is 0 Å². The Morgan fingerprint density at radius 1 is 0.867 bits per heavy atom. The molecule has 0 fully saturated rings. The lowest BCUT2D eigenvalue weighted by molar-refractivity contribution is -0.143. The van der Waals surface area contributed by atoms with Crippen LogP contribution in [0.2, 0.25) is 0 Å². The number of carbonyl (C=O) groups excluding carboxylic acids is 1. The Kier molecular flexibility index (Phi) is 5.55. The van der Waals surface area contributed by atoms with Crippen LogP contribution in [0.1, 0.15) is 28.5 Å². The molecule has 0 radical (unpaired) electrons. The fraction of sp³-hybridized carbons (Fsp3) is 0.211. The molecule has 0 spiro atoms. The first-order chi connectivity index (χ1) is 14.0. The lowest BCUT2D eigenvalue weighted by Crippen LogP contribution is -2.11. The van der Waals surface area contributed by atoms with E-state index in [1.807, 2.05) is 0 Å². The zero-order chi connectivity index (χ0) is 22.1. The Balaban J connectivity index is 2.02. The highest BCUT2D eigenvalue weighted by Gasteiger charge is 2.37. The second-order valence-electron chi connectivity index (χ2n) is 6.11. The highest BCUT2D eigenvalue weighted by molar-refractivity contribution is 5.94. The van der Waals surface area contributed by atoms with Crippen molar-refractivity contribution >= 4 is 5.97 Å². The van der Waals surface area contributed by atoms with E-state index in [2.05, 4.69) is 15.4 Å². The van der Waals surface area contributed by atoms with Crippen LogP contribution in [-0.2, 0) is 17.1 Å². The van der Waals surface area contributed by atoms with Gasteiger partial charge in [0.25, 0.3) is 0 Å². The molecular weight excluding hydrogens is 416 g/mol. The standard InChI is InChI=1S/C19H13F6N3O2/c1-2-30-17(29)16-15(26-28-27-16)11-5-3-10(4-6-11)12-7-13(18(20,21)22)9-14(8-12)19(23,24)25/h3-9H,2H2,1H3,(H,26,27,28). The van der Waals surface area contributed by atoms with Gasteiger partial charge in [0.15, 0.2) is 5.69 Å². The quantitative estimate of drug-likeness (QED) is 0.448. The van der Waals surface area contributed by atoms with Crippen molar-refractivity contribution in [3.8, 4) is 22.4 Å². The van der Waals surface area contributed by atoms with Crippen LogP contribution in [0.3, 0.4) is 0 Å². The van der Waals surface area contributed by atoms with E-state index < -0.39 is 29.4 Å². The van der Waals surface area contributed by atoms with Crippen molar-refractivity contribution in [2.75, 3.05) is 6.61 Å². The van der Waals surface area contributed by atoms with E-state index in [9.17, 15) is 31.1 Å². The van der Waals surface area contributed by atoms with Crippen molar-refractivity contribution in [1.82, 2.24) is 15.4 Å². The molecule has 0 aliphatic heterocycles. The SMILES string of the molecule is CCOC(=O)c1n[nH]nc1-c1ccc(-c2cc(C(F)(F)F)cc(C(F)(F)F)c2)cc1. The average molecular weight is 429 g/mol. The monoisotopic (exact) mass is 429 g/mol. The summed E-state index contributed by atoms with van der Waals surface area (Å²) in [6.07, 6.45) is -9.88. The molecule has 158 valence electrons.